The summed E-state index contributed by atoms with van der Waals surface area (Å²) in [4.78, 5) is 30.1. The molecule has 9 nitrogen and oxygen atoms in total. The Morgan fingerprint density at radius 2 is 0.759 bits per heavy atom. The van der Waals surface area contributed by atoms with Gasteiger partial charge in [-0.2, -0.15) is 49.2 Å². The molecule has 0 aliphatic heterocycles. The van der Waals surface area contributed by atoms with Gasteiger partial charge < -0.3 is 38.7 Å². The summed E-state index contributed by atoms with van der Waals surface area (Å²) in [5, 5.41) is 38.0. The van der Waals surface area contributed by atoms with Crippen molar-refractivity contribution in [2.45, 2.75) is 168 Å². The molecule has 0 amide bonds. The first-order valence-corrected chi connectivity index (χ1v) is 27.5. The average Bonchev–Trinajstić information content (AvgIpc) is 3.81. The molecule has 2 unspecified atom stereocenters. The number of nitrogens with one attached hydrogen (secondary N) is 1. The van der Waals surface area contributed by atoms with Crippen LogP contribution < -0.4 is 5.32 Å². The minimum atomic E-state index is -0.757. The average molecular weight is 1240 g/mol. The predicted octanol–water partition coefficient (Wildman–Crippen LogP) is 18.6. The van der Waals surface area contributed by atoms with Crippen molar-refractivity contribution in [1.82, 2.24) is 5.32 Å². The van der Waals surface area contributed by atoms with E-state index < -0.39 is 34.2 Å². The van der Waals surface area contributed by atoms with E-state index >= 15 is 0 Å². The van der Waals surface area contributed by atoms with E-state index in [0.717, 1.165) is 49.1 Å². The van der Waals surface area contributed by atoms with Crippen LogP contribution in [0.15, 0.2) is 109 Å². The summed E-state index contributed by atoms with van der Waals surface area (Å²) >= 11 is 0. The van der Waals surface area contributed by atoms with E-state index in [1.54, 1.807) is 62.3 Å². The van der Waals surface area contributed by atoms with Gasteiger partial charge in [0.15, 0.2) is 0 Å². The van der Waals surface area contributed by atoms with Gasteiger partial charge in [-0.05, 0) is 154 Å². The van der Waals surface area contributed by atoms with Crippen LogP contribution in [0.25, 0.3) is 10.6 Å². The third-order valence-corrected chi connectivity index (χ3v) is 12.1. The van der Waals surface area contributed by atoms with E-state index in [1.807, 2.05) is 60.7 Å². The molecule has 4 aromatic rings. The van der Waals surface area contributed by atoms with Crippen molar-refractivity contribution >= 4 is 29.3 Å². The standard InChI is InChI=1S/C29H45N3.C9H12.2C7H7.3C5H10O2.CH3.2Zr/c1-22-18-24(3)28(25(4)19-22)31-16-12-8-7-10-14-30-15-11-9-13-17-32-29-26(5)20-23(2)21-27(29)6;1-2-5-9-7-3-6-8(9)4-1;2*1-7-5-3-2-4-6-7;3*1-5(2,3)4(6)7;;;/h18-21,30H,7-17H2,1-6H3;1-2,4-5,8-9H,3,6-7H2;2*2-6H,1H2;3*1-3H3,(H,6,7);1H3;;/q-2;;2*-1;;;;-1;;. The third kappa shape index (κ3) is 41.5. The Morgan fingerprint density at radius 3 is 1.01 bits per heavy atom. The van der Waals surface area contributed by atoms with E-state index in [4.69, 9.17) is 26.0 Å². The molecule has 2 atom stereocenters. The maximum absolute atomic E-state index is 10.0. The summed E-state index contributed by atoms with van der Waals surface area (Å²) in [6.45, 7) is 39.5. The molecule has 1 saturated carbocycles. The van der Waals surface area contributed by atoms with Gasteiger partial charge in [-0.3, -0.25) is 14.4 Å². The van der Waals surface area contributed by atoms with Crippen molar-refractivity contribution in [1.29, 1.82) is 0 Å². The van der Waals surface area contributed by atoms with Crippen LogP contribution in [0.4, 0.5) is 11.4 Å². The normalized spacial score (nSPS) is 13.5. The summed E-state index contributed by atoms with van der Waals surface area (Å²) in [7, 11) is 0. The van der Waals surface area contributed by atoms with Crippen LogP contribution in [0.1, 0.15) is 171 Å². The molecule has 11 heteroatoms. The minimum Gasteiger partial charge on any atom is -0.684 e. The number of fused-ring (bicyclic) bond motifs is 1. The summed E-state index contributed by atoms with van der Waals surface area (Å²) < 4.78 is 0. The van der Waals surface area contributed by atoms with Crippen LogP contribution >= 0.6 is 0 Å². The zero-order valence-corrected chi connectivity index (χ0v) is 56.7. The van der Waals surface area contributed by atoms with Gasteiger partial charge in [0, 0.05) is 52.4 Å². The molecule has 2 aliphatic rings. The molecule has 440 valence electrons. The number of carboxylic acids is 3. The molecule has 1 fully saturated rings. The van der Waals surface area contributed by atoms with Crippen molar-refractivity contribution in [3.63, 3.8) is 0 Å². The first-order chi connectivity index (χ1) is 35.5. The second kappa shape index (κ2) is 44.5. The SMILES string of the molecule is C1=CC2CCCC2C=C1.CC(C)(C)C(=O)O.CC(C)(C)C(=O)O.CC(C)(C)C(=O)O.Cc1cc(C)c([N-]CCCCCCNCCCCC[N-]c2c(C)cc(C)cc2C)c(C)c1.[CH2-]c1ccccc1.[CH2-]c1ccccc1.[CH3-].[Zr].[Zr]. The van der Waals surface area contributed by atoms with Gasteiger partial charge in [0.05, 0.1) is 16.2 Å². The van der Waals surface area contributed by atoms with Crippen LogP contribution in [0.2, 0.25) is 0 Å². The maximum atomic E-state index is 10.0. The molecule has 4 N–H and O–H groups in total. The van der Waals surface area contributed by atoms with E-state index in [2.05, 4.69) is 109 Å². The summed E-state index contributed by atoms with van der Waals surface area (Å²) in [6, 6.07) is 28.7. The van der Waals surface area contributed by atoms with Gasteiger partial charge in [0.2, 0.25) is 0 Å². The maximum Gasteiger partial charge on any atom is 0.308 e. The number of allylic oxidation sites excluding steroid dienone is 4. The topological polar surface area (TPSA) is 152 Å². The monoisotopic (exact) mass is 1240 g/mol. The molecule has 0 radical (unpaired) electrons. The molecule has 2 aliphatic carbocycles. The Balaban J connectivity index is -0.000000484. The van der Waals surface area contributed by atoms with Gasteiger partial charge in [-0.25, -0.2) is 0 Å². The zero-order valence-electron chi connectivity index (χ0n) is 51.8. The Labute approximate surface area is 520 Å². The number of aliphatic carboxylic acids is 3. The molecule has 79 heavy (non-hydrogen) atoms. The molecule has 0 bridgehead atoms. The molecule has 4 aromatic carbocycles. The molecule has 0 heterocycles. The summed E-state index contributed by atoms with van der Waals surface area (Å²) in [6.07, 6.45) is 22.1. The number of unbranched alkanes of at least 4 members (excludes halogenated alkanes) is 5. The number of carbonyl (C=O) groups is 3. The summed E-state index contributed by atoms with van der Waals surface area (Å²) in [5.74, 6) is -0.475. The second-order valence-electron chi connectivity index (χ2n) is 23.1. The number of hydrogen-bond donors (Lipinski definition) is 4. The van der Waals surface area contributed by atoms with E-state index in [1.165, 1.54) is 109 Å². The van der Waals surface area contributed by atoms with Crippen molar-refractivity contribution in [2.75, 3.05) is 26.2 Å². The van der Waals surface area contributed by atoms with Gasteiger partial charge in [0.25, 0.3) is 0 Å². The van der Waals surface area contributed by atoms with Crippen LogP contribution in [-0.4, -0.2) is 59.4 Å². The number of aryl methyl sites for hydroxylation is 6. The second-order valence-corrected chi connectivity index (χ2v) is 23.1. The number of hydrogen-bond acceptors (Lipinski definition) is 4. The van der Waals surface area contributed by atoms with Crippen LogP contribution in [0, 0.1) is 90.9 Å². The first kappa shape index (κ1) is 81.3. The molecule has 0 aromatic heterocycles. The fourth-order valence-corrected chi connectivity index (χ4v) is 7.47. The Bertz CT molecular complexity index is 2070. The minimum absolute atomic E-state index is 0. The Hall–Kier alpha value is -4.16. The molecule has 6 rings (SSSR count). The number of carboxylic acid groups (broad SMARTS) is 3. The Kier molecular flexibility index (Phi) is 45.8. The van der Waals surface area contributed by atoms with Crippen LogP contribution in [-0.2, 0) is 66.8 Å². The fourth-order valence-electron chi connectivity index (χ4n) is 7.47. The summed E-state index contributed by atoms with van der Waals surface area (Å²) in [5.41, 5.74) is 10.7. The quantitative estimate of drug-likeness (QED) is 0.0683. The van der Waals surface area contributed by atoms with Gasteiger partial charge in [-0.15, -0.1) is 48.7 Å². The number of nitrogens with zero attached hydrogens (tertiary/aromatic N) is 2. The third-order valence-electron chi connectivity index (χ3n) is 12.1. The molecule has 0 spiro atoms. The molecular formula is C68H104N3O6Zr2-5. The first-order valence-electron chi connectivity index (χ1n) is 27.5. The van der Waals surface area contributed by atoms with Gasteiger partial charge in [-0.1, -0.05) is 133 Å². The molecule has 0 saturated heterocycles. The van der Waals surface area contributed by atoms with E-state index in [-0.39, 0.29) is 59.8 Å². The largest absolute Gasteiger partial charge is 0.684 e. The van der Waals surface area contributed by atoms with Crippen molar-refractivity contribution in [3.8, 4) is 0 Å². The van der Waals surface area contributed by atoms with Crippen molar-refractivity contribution < 1.29 is 82.1 Å². The van der Waals surface area contributed by atoms with Crippen LogP contribution in [0.3, 0.4) is 0 Å². The predicted molar refractivity (Wildman–Crippen MR) is 331 cm³/mol. The van der Waals surface area contributed by atoms with Crippen molar-refractivity contribution in [2.24, 2.45) is 28.1 Å². The van der Waals surface area contributed by atoms with Crippen molar-refractivity contribution in [3.05, 3.63) is 186 Å². The smallest absolute Gasteiger partial charge is 0.308 e. The Morgan fingerprint density at radius 1 is 0.494 bits per heavy atom. The number of benzene rings is 4. The zero-order chi connectivity index (χ0) is 57.9. The van der Waals surface area contributed by atoms with Gasteiger partial charge >= 0.3 is 17.9 Å². The fraction of sp³-hybridized carbons (Fsp3) is 0.500. The van der Waals surface area contributed by atoms with Crippen LogP contribution in [0.5, 0.6) is 0 Å². The van der Waals surface area contributed by atoms with E-state index in [9.17, 15) is 14.4 Å². The molecular weight excluding hydrogens is 1140 g/mol. The van der Waals surface area contributed by atoms with E-state index in [0.29, 0.717) is 0 Å². The number of rotatable bonds is 15. The van der Waals surface area contributed by atoms with Gasteiger partial charge in [0.1, 0.15) is 0 Å².